The molecule has 3 aliphatic heterocycles. The molecule has 2 aromatic carbocycles. The van der Waals surface area contributed by atoms with E-state index in [4.69, 9.17) is 0 Å². The van der Waals surface area contributed by atoms with Crippen molar-refractivity contribution in [3.05, 3.63) is 82.0 Å². The third-order valence-corrected chi connectivity index (χ3v) is 7.28. The summed E-state index contributed by atoms with van der Waals surface area (Å²) in [6, 6.07) is 16.6. The molecule has 0 saturated heterocycles. The van der Waals surface area contributed by atoms with Gasteiger partial charge in [-0.3, -0.25) is 9.59 Å². The summed E-state index contributed by atoms with van der Waals surface area (Å²) in [6.45, 7) is 5.71. The molecule has 0 saturated carbocycles. The lowest BCUT2D eigenvalue weighted by Crippen LogP contribution is -2.36. The average molecular weight is 441 g/mol. The van der Waals surface area contributed by atoms with Crippen molar-refractivity contribution in [1.29, 1.82) is 0 Å². The van der Waals surface area contributed by atoms with E-state index in [0.717, 1.165) is 61.5 Å². The number of hydrogen-bond donors (Lipinski definition) is 1. The minimum absolute atomic E-state index is 0.0667. The molecular weight excluding hydrogens is 412 g/mol. The minimum Gasteiger partial charge on any atom is -0.337 e. The van der Waals surface area contributed by atoms with Gasteiger partial charge >= 0.3 is 0 Å². The van der Waals surface area contributed by atoms with Gasteiger partial charge < -0.3 is 19.7 Å². The number of anilines is 2. The van der Waals surface area contributed by atoms with Gasteiger partial charge in [-0.15, -0.1) is 0 Å². The molecule has 0 atom stereocenters. The molecule has 1 aromatic heterocycles. The van der Waals surface area contributed by atoms with Crippen molar-refractivity contribution in [1.82, 2.24) is 14.8 Å². The fourth-order valence-corrected chi connectivity index (χ4v) is 5.46. The molecule has 1 N–H and O–H groups in total. The van der Waals surface area contributed by atoms with E-state index in [0.29, 0.717) is 18.8 Å². The maximum atomic E-state index is 13.4. The van der Waals surface area contributed by atoms with Crippen molar-refractivity contribution in [3.8, 4) is 0 Å². The van der Waals surface area contributed by atoms with Gasteiger partial charge in [0, 0.05) is 44.0 Å². The minimum atomic E-state index is 0.0667. The second-order valence-corrected chi connectivity index (χ2v) is 9.22. The topological polar surface area (TPSA) is 59.6 Å². The first-order valence-electron chi connectivity index (χ1n) is 11.9. The van der Waals surface area contributed by atoms with Gasteiger partial charge in [0.15, 0.2) is 0 Å². The highest BCUT2D eigenvalue weighted by Crippen LogP contribution is 2.36. The first-order chi connectivity index (χ1) is 16.1. The van der Waals surface area contributed by atoms with Crippen LogP contribution in [0.3, 0.4) is 0 Å². The van der Waals surface area contributed by atoms with E-state index < -0.39 is 0 Å². The molecule has 0 spiro atoms. The van der Waals surface area contributed by atoms with E-state index in [-0.39, 0.29) is 11.8 Å². The summed E-state index contributed by atoms with van der Waals surface area (Å²) in [5.41, 5.74) is 7.41. The smallest absolute Gasteiger partial charge is 0.270 e. The Morgan fingerprint density at radius 2 is 1.79 bits per heavy atom. The Bertz CT molecular complexity index is 1260. The SMILES string of the molecule is CCN1Cc2cc(N3CCCc4cc(C(=O)N5CCc6ccccc6C5)[nH]c43)ccc2C1=O. The van der Waals surface area contributed by atoms with Crippen LogP contribution in [0.5, 0.6) is 0 Å². The van der Waals surface area contributed by atoms with E-state index >= 15 is 0 Å². The number of carbonyl (C=O) groups excluding carboxylic acids is 2. The van der Waals surface area contributed by atoms with Crippen molar-refractivity contribution in [2.45, 2.75) is 39.3 Å². The van der Waals surface area contributed by atoms with Gasteiger partial charge in [0.2, 0.25) is 0 Å². The lowest BCUT2D eigenvalue weighted by molar-refractivity contribution is 0.0728. The maximum absolute atomic E-state index is 13.4. The van der Waals surface area contributed by atoms with Crippen LogP contribution in [0.2, 0.25) is 0 Å². The summed E-state index contributed by atoms with van der Waals surface area (Å²) in [7, 11) is 0. The van der Waals surface area contributed by atoms with Crippen LogP contribution in [-0.4, -0.2) is 46.2 Å². The number of aromatic nitrogens is 1. The first-order valence-corrected chi connectivity index (χ1v) is 11.9. The van der Waals surface area contributed by atoms with E-state index in [1.54, 1.807) is 0 Å². The number of fused-ring (bicyclic) bond motifs is 3. The summed E-state index contributed by atoms with van der Waals surface area (Å²) in [6.07, 6.45) is 2.90. The number of aryl methyl sites for hydroxylation is 1. The number of nitrogens with one attached hydrogen (secondary N) is 1. The average Bonchev–Trinajstić information content (AvgIpc) is 3.43. The van der Waals surface area contributed by atoms with Crippen LogP contribution in [0.15, 0.2) is 48.5 Å². The zero-order valence-electron chi connectivity index (χ0n) is 18.9. The second kappa shape index (κ2) is 7.80. The van der Waals surface area contributed by atoms with Crippen LogP contribution in [0.25, 0.3) is 0 Å². The summed E-state index contributed by atoms with van der Waals surface area (Å²) in [5, 5.41) is 0. The highest BCUT2D eigenvalue weighted by atomic mass is 16.2. The molecular formula is C27H28N4O2. The third-order valence-electron chi connectivity index (χ3n) is 7.28. The van der Waals surface area contributed by atoms with Crippen LogP contribution in [0.1, 0.15) is 56.4 Å². The van der Waals surface area contributed by atoms with Crippen LogP contribution in [0.4, 0.5) is 11.5 Å². The molecule has 0 aliphatic carbocycles. The number of amides is 2. The molecule has 0 unspecified atom stereocenters. The second-order valence-electron chi connectivity index (χ2n) is 9.22. The Morgan fingerprint density at radius 3 is 2.64 bits per heavy atom. The number of rotatable bonds is 3. The normalized spacial score (nSPS) is 17.1. The van der Waals surface area contributed by atoms with Gasteiger partial charge in [-0.1, -0.05) is 24.3 Å². The largest absolute Gasteiger partial charge is 0.337 e. The third kappa shape index (κ3) is 3.32. The first kappa shape index (κ1) is 20.1. The van der Waals surface area contributed by atoms with Crippen molar-refractivity contribution >= 4 is 23.3 Å². The zero-order chi connectivity index (χ0) is 22.5. The van der Waals surface area contributed by atoms with Crippen molar-refractivity contribution in [2.75, 3.05) is 24.5 Å². The predicted molar refractivity (Wildman–Crippen MR) is 128 cm³/mol. The highest BCUT2D eigenvalue weighted by molar-refractivity contribution is 5.99. The van der Waals surface area contributed by atoms with Crippen LogP contribution >= 0.6 is 0 Å². The molecule has 6 heteroatoms. The molecule has 0 bridgehead atoms. The van der Waals surface area contributed by atoms with Crippen molar-refractivity contribution in [2.24, 2.45) is 0 Å². The Balaban J connectivity index is 1.27. The molecule has 6 nitrogen and oxygen atoms in total. The molecule has 0 fully saturated rings. The molecule has 0 radical (unpaired) electrons. The summed E-state index contributed by atoms with van der Waals surface area (Å²) in [5.74, 6) is 1.20. The quantitative estimate of drug-likeness (QED) is 0.662. The molecule has 6 rings (SSSR count). The van der Waals surface area contributed by atoms with Gasteiger partial charge in [0.1, 0.15) is 11.5 Å². The van der Waals surface area contributed by atoms with Crippen LogP contribution in [-0.2, 0) is 25.9 Å². The van der Waals surface area contributed by atoms with E-state index in [2.05, 4.69) is 34.1 Å². The van der Waals surface area contributed by atoms with Crippen molar-refractivity contribution < 1.29 is 9.59 Å². The number of benzene rings is 2. The number of aromatic amines is 1. The number of carbonyl (C=O) groups is 2. The number of H-pyrrole nitrogens is 1. The Morgan fingerprint density at radius 1 is 0.939 bits per heavy atom. The van der Waals surface area contributed by atoms with Crippen LogP contribution < -0.4 is 4.90 Å². The molecule has 3 aliphatic rings. The maximum Gasteiger partial charge on any atom is 0.270 e. The number of nitrogens with zero attached hydrogens (tertiary/aromatic N) is 3. The van der Waals surface area contributed by atoms with Gasteiger partial charge in [0.25, 0.3) is 11.8 Å². The van der Waals surface area contributed by atoms with Gasteiger partial charge in [0.05, 0.1) is 0 Å². The predicted octanol–water partition coefficient (Wildman–Crippen LogP) is 4.27. The summed E-state index contributed by atoms with van der Waals surface area (Å²) >= 11 is 0. The molecule has 168 valence electrons. The fourth-order valence-electron chi connectivity index (χ4n) is 5.46. The zero-order valence-corrected chi connectivity index (χ0v) is 18.9. The Hall–Kier alpha value is -3.54. The van der Waals surface area contributed by atoms with Gasteiger partial charge in [-0.2, -0.15) is 0 Å². The van der Waals surface area contributed by atoms with E-state index in [9.17, 15) is 9.59 Å². The standard InChI is InChI=1S/C27H28N4O2/c1-2-29-17-21-14-22(9-10-23(21)26(29)32)31-12-5-8-19-15-24(28-25(19)31)27(33)30-13-11-18-6-3-4-7-20(18)16-30/h3-4,6-7,9-10,14-15,28H,2,5,8,11-13,16-17H2,1H3. The van der Waals surface area contributed by atoms with Crippen molar-refractivity contribution in [3.63, 3.8) is 0 Å². The fraction of sp³-hybridized carbons (Fsp3) is 0.333. The monoisotopic (exact) mass is 440 g/mol. The molecule has 2 amide bonds. The van der Waals surface area contributed by atoms with Gasteiger partial charge in [-0.05, 0) is 72.7 Å². The lowest BCUT2D eigenvalue weighted by Gasteiger charge is -2.29. The van der Waals surface area contributed by atoms with E-state index in [1.807, 2.05) is 41.0 Å². The van der Waals surface area contributed by atoms with Gasteiger partial charge in [-0.25, -0.2) is 0 Å². The van der Waals surface area contributed by atoms with E-state index in [1.165, 1.54) is 16.7 Å². The lowest BCUT2D eigenvalue weighted by atomic mass is 10.00. The van der Waals surface area contributed by atoms with Crippen LogP contribution in [0, 0.1) is 0 Å². The number of hydrogen-bond acceptors (Lipinski definition) is 3. The highest BCUT2D eigenvalue weighted by Gasteiger charge is 2.30. The summed E-state index contributed by atoms with van der Waals surface area (Å²) in [4.78, 5) is 35.4. The molecule has 4 heterocycles. The summed E-state index contributed by atoms with van der Waals surface area (Å²) < 4.78 is 0. The Kier molecular flexibility index (Phi) is 4.75. The Labute approximate surface area is 193 Å². The molecule has 3 aromatic rings. The molecule has 33 heavy (non-hydrogen) atoms.